The van der Waals surface area contributed by atoms with E-state index in [4.69, 9.17) is 10.00 Å². The molecule has 3 N–H and O–H groups in total. The molecule has 0 aliphatic carbocycles. The molecule has 1 aliphatic rings. The molecule has 11 heteroatoms. The fraction of sp³-hybridized carbons (Fsp3) is 0.346. The first-order valence-corrected chi connectivity index (χ1v) is 12.1. The lowest BCUT2D eigenvalue weighted by atomic mass is 9.96. The number of fused-ring (bicyclic) bond motifs is 1. The first-order valence-electron chi connectivity index (χ1n) is 12.1. The molecule has 37 heavy (non-hydrogen) atoms. The highest BCUT2D eigenvalue weighted by molar-refractivity contribution is 5.94. The van der Waals surface area contributed by atoms with Gasteiger partial charge in [-0.05, 0) is 51.1 Å². The first kappa shape index (κ1) is 24.3. The summed E-state index contributed by atoms with van der Waals surface area (Å²) >= 11 is 0. The van der Waals surface area contributed by atoms with Crippen molar-refractivity contribution in [1.82, 2.24) is 35.0 Å². The maximum atomic E-state index is 12.3. The molecule has 4 aromatic heterocycles. The lowest BCUT2D eigenvalue weighted by Crippen LogP contribution is -2.46. The van der Waals surface area contributed by atoms with E-state index in [-0.39, 0.29) is 12.5 Å². The lowest BCUT2D eigenvalue weighted by molar-refractivity contribution is 0.0943. The van der Waals surface area contributed by atoms with E-state index in [1.807, 2.05) is 36.1 Å². The third-order valence-corrected chi connectivity index (χ3v) is 6.28. The fourth-order valence-electron chi connectivity index (χ4n) is 3.91. The number of hydrogen-bond acceptors (Lipinski definition) is 8. The van der Waals surface area contributed by atoms with Crippen molar-refractivity contribution >= 4 is 23.1 Å². The van der Waals surface area contributed by atoms with Crippen LogP contribution < -0.4 is 20.7 Å². The highest BCUT2D eigenvalue weighted by atomic mass is 16.5. The zero-order valence-corrected chi connectivity index (χ0v) is 21.0. The van der Waals surface area contributed by atoms with Crippen molar-refractivity contribution in [3.63, 3.8) is 0 Å². The van der Waals surface area contributed by atoms with Gasteiger partial charge in [-0.1, -0.05) is 0 Å². The van der Waals surface area contributed by atoms with E-state index < -0.39 is 5.41 Å². The van der Waals surface area contributed by atoms with Gasteiger partial charge in [0.1, 0.15) is 18.1 Å². The number of pyridine rings is 2. The second kappa shape index (κ2) is 9.91. The van der Waals surface area contributed by atoms with E-state index in [1.54, 1.807) is 36.7 Å². The second-order valence-corrected chi connectivity index (χ2v) is 9.78. The molecule has 11 nitrogen and oxygen atoms in total. The molecule has 0 bridgehead atoms. The zero-order chi connectivity index (χ0) is 26.0. The summed E-state index contributed by atoms with van der Waals surface area (Å²) in [5.41, 5.74) is 2.56. The Morgan fingerprint density at radius 3 is 2.81 bits per heavy atom. The van der Waals surface area contributed by atoms with Gasteiger partial charge in [0.2, 0.25) is 0 Å². The number of aryl methyl sites for hydroxylation is 1. The molecule has 1 fully saturated rings. The van der Waals surface area contributed by atoms with Gasteiger partial charge in [0.25, 0.3) is 5.91 Å². The molecule has 0 saturated carbocycles. The van der Waals surface area contributed by atoms with E-state index in [0.29, 0.717) is 29.8 Å². The molecule has 190 valence electrons. The maximum Gasteiger partial charge on any atom is 0.252 e. The Balaban J connectivity index is 1.28. The molecule has 0 unspecified atom stereocenters. The largest absolute Gasteiger partial charge is 0.488 e. The van der Waals surface area contributed by atoms with Crippen LogP contribution in [0.5, 0.6) is 5.75 Å². The summed E-state index contributed by atoms with van der Waals surface area (Å²) in [5, 5.41) is 27.4. The standard InChI is InChI=1S/C26H29N9O2/c1-26(2,15-27)16-30-25(36)18-4-5-22(29-12-18)32-23-11-20-10-17(7-9-35(20)33-23)24-21(13-31-34(24)3)37-14-19-6-8-28-19/h4-5,7,9-13,19,28H,6,8,14,16H2,1-3H3,(H,30,36)(H,29,32,33)/t19-/m1/s1. The van der Waals surface area contributed by atoms with Gasteiger partial charge < -0.3 is 20.7 Å². The van der Waals surface area contributed by atoms with Gasteiger partial charge in [-0.15, -0.1) is 0 Å². The summed E-state index contributed by atoms with van der Waals surface area (Å²) in [6.07, 6.45) is 6.26. The van der Waals surface area contributed by atoms with Crippen LogP contribution in [0.4, 0.5) is 11.6 Å². The number of aromatic nitrogens is 5. The number of anilines is 2. The van der Waals surface area contributed by atoms with Crippen molar-refractivity contribution in [3.8, 4) is 23.1 Å². The minimum atomic E-state index is -0.633. The Morgan fingerprint density at radius 2 is 2.11 bits per heavy atom. The number of nitrogens with zero attached hydrogens (tertiary/aromatic N) is 6. The van der Waals surface area contributed by atoms with Gasteiger partial charge in [0, 0.05) is 43.7 Å². The van der Waals surface area contributed by atoms with Crippen molar-refractivity contribution in [2.24, 2.45) is 12.5 Å². The summed E-state index contributed by atoms with van der Waals surface area (Å²) in [6, 6.07) is 11.9. The molecule has 4 aromatic rings. The molecular weight excluding hydrogens is 470 g/mol. The Bertz CT molecular complexity index is 1460. The van der Waals surface area contributed by atoms with Crippen LogP contribution in [0.25, 0.3) is 16.8 Å². The van der Waals surface area contributed by atoms with Crippen LogP contribution >= 0.6 is 0 Å². The lowest BCUT2D eigenvalue weighted by Gasteiger charge is -2.27. The van der Waals surface area contributed by atoms with Crippen molar-refractivity contribution in [2.75, 3.05) is 25.0 Å². The normalized spacial score (nSPS) is 15.1. The predicted octanol–water partition coefficient (Wildman–Crippen LogP) is 2.89. The summed E-state index contributed by atoms with van der Waals surface area (Å²) in [7, 11) is 1.90. The number of rotatable bonds is 9. The highest BCUT2D eigenvalue weighted by Crippen LogP contribution is 2.31. The fourth-order valence-corrected chi connectivity index (χ4v) is 3.91. The van der Waals surface area contributed by atoms with E-state index in [2.05, 4.69) is 37.2 Å². The highest BCUT2D eigenvalue weighted by Gasteiger charge is 2.20. The number of hydrogen-bond donors (Lipinski definition) is 3. The molecular formula is C26H29N9O2. The average Bonchev–Trinajstić information content (AvgIpc) is 3.43. The molecule has 1 amide bonds. The summed E-state index contributed by atoms with van der Waals surface area (Å²) in [4.78, 5) is 16.7. The van der Waals surface area contributed by atoms with Crippen molar-refractivity contribution in [2.45, 2.75) is 26.3 Å². The Hall–Kier alpha value is -4.43. The van der Waals surface area contributed by atoms with E-state index in [9.17, 15) is 4.79 Å². The van der Waals surface area contributed by atoms with Gasteiger partial charge in [0.05, 0.1) is 28.8 Å². The topological polar surface area (TPSA) is 134 Å². The zero-order valence-electron chi connectivity index (χ0n) is 21.0. The summed E-state index contributed by atoms with van der Waals surface area (Å²) in [6.45, 7) is 5.46. The van der Waals surface area contributed by atoms with Crippen LogP contribution in [0.1, 0.15) is 30.6 Å². The van der Waals surface area contributed by atoms with Crippen LogP contribution in [-0.2, 0) is 7.05 Å². The molecule has 0 aromatic carbocycles. The van der Waals surface area contributed by atoms with Crippen LogP contribution in [0.3, 0.4) is 0 Å². The first-order chi connectivity index (χ1) is 17.8. The second-order valence-electron chi connectivity index (χ2n) is 9.78. The minimum Gasteiger partial charge on any atom is -0.488 e. The van der Waals surface area contributed by atoms with Gasteiger partial charge in [0.15, 0.2) is 11.6 Å². The number of carbonyl (C=O) groups is 1. The third kappa shape index (κ3) is 5.39. The van der Waals surface area contributed by atoms with Crippen LogP contribution in [0.2, 0.25) is 0 Å². The van der Waals surface area contributed by atoms with Crippen LogP contribution in [0.15, 0.2) is 48.9 Å². The molecule has 1 saturated heterocycles. The Labute approximate surface area is 214 Å². The molecule has 5 heterocycles. The van der Waals surface area contributed by atoms with Crippen molar-refractivity contribution in [3.05, 3.63) is 54.5 Å². The Morgan fingerprint density at radius 1 is 1.27 bits per heavy atom. The van der Waals surface area contributed by atoms with E-state index in [1.165, 1.54) is 6.20 Å². The minimum absolute atomic E-state index is 0.260. The monoisotopic (exact) mass is 499 g/mol. The van der Waals surface area contributed by atoms with E-state index >= 15 is 0 Å². The van der Waals surface area contributed by atoms with Crippen molar-refractivity contribution < 1.29 is 9.53 Å². The number of nitrogens with one attached hydrogen (secondary N) is 3. The molecule has 1 atom stereocenters. The maximum absolute atomic E-state index is 12.3. The number of nitriles is 1. The molecule has 0 spiro atoms. The van der Waals surface area contributed by atoms with Gasteiger partial charge in [-0.25, -0.2) is 9.50 Å². The van der Waals surface area contributed by atoms with Crippen LogP contribution in [-0.4, -0.2) is 56.0 Å². The predicted molar refractivity (Wildman–Crippen MR) is 139 cm³/mol. The smallest absolute Gasteiger partial charge is 0.252 e. The average molecular weight is 500 g/mol. The molecule has 1 aliphatic heterocycles. The quantitative estimate of drug-likeness (QED) is 0.320. The van der Waals surface area contributed by atoms with Gasteiger partial charge >= 0.3 is 0 Å². The number of ether oxygens (including phenoxy) is 1. The van der Waals surface area contributed by atoms with Crippen LogP contribution in [0, 0.1) is 16.7 Å². The van der Waals surface area contributed by atoms with Gasteiger partial charge in [-0.3, -0.25) is 9.48 Å². The van der Waals surface area contributed by atoms with E-state index in [0.717, 1.165) is 35.5 Å². The molecule has 5 rings (SSSR count). The van der Waals surface area contributed by atoms with Crippen molar-refractivity contribution in [1.29, 1.82) is 5.26 Å². The van der Waals surface area contributed by atoms with Gasteiger partial charge in [-0.2, -0.15) is 15.5 Å². The SMILES string of the molecule is Cn1ncc(OC[C@H]2CCN2)c1-c1ccn2nc(Nc3ccc(C(=O)NCC(C)(C)C#N)cn3)cc2c1. The summed E-state index contributed by atoms with van der Waals surface area (Å²) < 4.78 is 9.64. The number of carbonyl (C=O) groups excluding carboxylic acids is 1. The summed E-state index contributed by atoms with van der Waals surface area (Å²) in [5.74, 6) is 1.66. The Kier molecular flexibility index (Phi) is 6.50. The third-order valence-electron chi connectivity index (χ3n) is 6.28. The molecule has 0 radical (unpaired) electrons. The number of amides is 1.